The second kappa shape index (κ2) is 69.4. The molecule has 5 N–H and O–H groups in total. The van der Waals surface area contributed by atoms with Gasteiger partial charge in [0.05, 0.1) is 13.2 Å². The van der Waals surface area contributed by atoms with Crippen LogP contribution in [-0.2, 0) is 0 Å². The molecule has 98 valence electrons. The SMILES string of the molecule is C=C.CC(C)O.CCO.CO.OCCO. The van der Waals surface area contributed by atoms with Crippen LogP contribution in [0.3, 0.4) is 0 Å². The minimum Gasteiger partial charge on any atom is -0.400 e. The molecule has 0 rings (SSSR count). The minimum absolute atomic E-state index is 0.125. The van der Waals surface area contributed by atoms with E-state index in [-0.39, 0.29) is 25.9 Å². The molecular formula is C10H28O5. The topological polar surface area (TPSA) is 101 Å². The Kier molecular flexibility index (Phi) is 135. The van der Waals surface area contributed by atoms with Crippen molar-refractivity contribution in [2.45, 2.75) is 26.9 Å². The predicted octanol–water partition coefficient (Wildman–Crippen LogP) is -0.233. The fourth-order valence-electron chi connectivity index (χ4n) is 0. The molecule has 0 atom stereocenters. The molecule has 5 heteroatoms. The molecule has 0 radical (unpaired) electrons. The first-order valence-corrected chi connectivity index (χ1v) is 4.52. The van der Waals surface area contributed by atoms with Crippen molar-refractivity contribution in [3.8, 4) is 0 Å². The Hall–Kier alpha value is -0.460. The van der Waals surface area contributed by atoms with Gasteiger partial charge < -0.3 is 25.5 Å². The van der Waals surface area contributed by atoms with Gasteiger partial charge in [-0.05, 0) is 20.8 Å². The summed E-state index contributed by atoms with van der Waals surface area (Å²) in [5.41, 5.74) is 0. The molecule has 0 amide bonds. The largest absolute Gasteiger partial charge is 0.400 e. The Morgan fingerprint density at radius 2 is 1.00 bits per heavy atom. The Bertz CT molecular complexity index is 46.3. The predicted molar refractivity (Wildman–Crippen MR) is 63.7 cm³/mol. The van der Waals surface area contributed by atoms with Gasteiger partial charge in [-0.15, -0.1) is 13.2 Å². The van der Waals surface area contributed by atoms with E-state index in [2.05, 4.69) is 13.2 Å². The Balaban J connectivity index is -0.0000000289. The molecule has 0 saturated carbocycles. The van der Waals surface area contributed by atoms with E-state index in [9.17, 15) is 0 Å². The van der Waals surface area contributed by atoms with Gasteiger partial charge in [-0.1, -0.05) is 0 Å². The van der Waals surface area contributed by atoms with Crippen LogP contribution in [0.4, 0.5) is 0 Å². The molecule has 0 aliphatic rings. The molecule has 15 heavy (non-hydrogen) atoms. The summed E-state index contributed by atoms with van der Waals surface area (Å²) in [5, 5.41) is 37.9. The molecule has 0 aromatic rings. The third-order valence-electron chi connectivity index (χ3n) is 0.1000. The van der Waals surface area contributed by atoms with Crippen LogP contribution >= 0.6 is 0 Å². The maximum absolute atomic E-state index is 8.06. The summed E-state index contributed by atoms with van der Waals surface area (Å²) in [4.78, 5) is 0. The number of aliphatic hydroxyl groups is 5. The standard InChI is InChI=1S/C3H8O.C2H6O2.C2H6O.C2H4.CH4O/c1-3(2)4;3-1-2-4;1-2-3;2*1-2/h3-4H,1-2H3;3-4H,1-2H2;3H,2H2,1H3;1-2H2;2H,1H3. The minimum atomic E-state index is -0.167. The molecule has 0 aliphatic carbocycles. The fraction of sp³-hybridized carbons (Fsp3) is 0.800. The molecule has 0 aromatic heterocycles. The van der Waals surface area contributed by atoms with Gasteiger partial charge in [0.25, 0.3) is 0 Å². The van der Waals surface area contributed by atoms with Gasteiger partial charge in [0.15, 0.2) is 0 Å². The highest BCUT2D eigenvalue weighted by Crippen LogP contribution is 1.65. The van der Waals surface area contributed by atoms with E-state index in [1.807, 2.05) is 0 Å². The lowest BCUT2D eigenvalue weighted by molar-refractivity contribution is 0.186. The van der Waals surface area contributed by atoms with Crippen LogP contribution in [0.1, 0.15) is 20.8 Å². The third-order valence-corrected chi connectivity index (χ3v) is 0.1000. The van der Waals surface area contributed by atoms with Gasteiger partial charge >= 0.3 is 0 Å². The number of hydrogen-bond acceptors (Lipinski definition) is 5. The average Bonchev–Trinajstić information content (AvgIpc) is 2.24. The quantitative estimate of drug-likeness (QED) is 0.399. The summed E-state index contributed by atoms with van der Waals surface area (Å²) in [5.74, 6) is 0. The van der Waals surface area contributed by atoms with E-state index in [1.54, 1.807) is 20.8 Å². The van der Waals surface area contributed by atoms with E-state index < -0.39 is 0 Å². The van der Waals surface area contributed by atoms with E-state index in [0.29, 0.717) is 0 Å². The Morgan fingerprint density at radius 3 is 1.00 bits per heavy atom. The summed E-state index contributed by atoms with van der Waals surface area (Å²) in [6, 6.07) is 0. The molecular weight excluding hydrogens is 200 g/mol. The number of rotatable bonds is 1. The van der Waals surface area contributed by atoms with Crippen LogP contribution in [-0.4, -0.2) is 58.6 Å². The molecule has 0 heterocycles. The Morgan fingerprint density at radius 1 is 0.933 bits per heavy atom. The lowest BCUT2D eigenvalue weighted by atomic mass is 10.5. The zero-order valence-corrected chi connectivity index (χ0v) is 10.3. The van der Waals surface area contributed by atoms with Crippen molar-refractivity contribution in [2.75, 3.05) is 26.9 Å². The first kappa shape index (κ1) is 29.3. The third kappa shape index (κ3) is 6180. The molecule has 0 aromatic carbocycles. The second-order valence-corrected chi connectivity index (χ2v) is 1.86. The molecule has 0 unspecified atom stereocenters. The molecule has 0 aliphatic heterocycles. The van der Waals surface area contributed by atoms with Crippen LogP contribution in [0.15, 0.2) is 13.2 Å². The molecule has 0 fully saturated rings. The van der Waals surface area contributed by atoms with Gasteiger partial charge in [0, 0.05) is 19.8 Å². The highest BCUT2D eigenvalue weighted by molar-refractivity contribution is 4.22. The zero-order valence-electron chi connectivity index (χ0n) is 10.3. The van der Waals surface area contributed by atoms with Crippen LogP contribution in [0.5, 0.6) is 0 Å². The summed E-state index contributed by atoms with van der Waals surface area (Å²) in [7, 11) is 1.00. The maximum Gasteiger partial charge on any atom is 0.0662 e. The van der Waals surface area contributed by atoms with Gasteiger partial charge in [-0.25, -0.2) is 0 Å². The summed E-state index contributed by atoms with van der Waals surface area (Å²) in [6.07, 6.45) is -0.167. The van der Waals surface area contributed by atoms with Crippen LogP contribution < -0.4 is 0 Å². The number of aliphatic hydroxyl groups excluding tert-OH is 5. The smallest absolute Gasteiger partial charge is 0.0662 e. The fourth-order valence-corrected chi connectivity index (χ4v) is 0. The van der Waals surface area contributed by atoms with Crippen molar-refractivity contribution >= 4 is 0 Å². The first-order valence-electron chi connectivity index (χ1n) is 4.52. The van der Waals surface area contributed by atoms with E-state index in [1.165, 1.54) is 0 Å². The monoisotopic (exact) mass is 228 g/mol. The van der Waals surface area contributed by atoms with Gasteiger partial charge in [0.1, 0.15) is 0 Å². The summed E-state index contributed by atoms with van der Waals surface area (Å²) >= 11 is 0. The molecule has 5 nitrogen and oxygen atoms in total. The van der Waals surface area contributed by atoms with Crippen molar-refractivity contribution in [2.24, 2.45) is 0 Å². The Labute approximate surface area is 93.3 Å². The highest BCUT2D eigenvalue weighted by Gasteiger charge is 1.69. The average molecular weight is 228 g/mol. The van der Waals surface area contributed by atoms with Gasteiger partial charge in [-0.3, -0.25) is 0 Å². The van der Waals surface area contributed by atoms with Crippen molar-refractivity contribution in [1.82, 2.24) is 0 Å². The summed E-state index contributed by atoms with van der Waals surface area (Å²) in [6.45, 7) is 11.1. The first-order chi connectivity index (χ1) is 7.06. The van der Waals surface area contributed by atoms with Crippen LogP contribution in [0, 0.1) is 0 Å². The van der Waals surface area contributed by atoms with Crippen LogP contribution in [0.2, 0.25) is 0 Å². The molecule has 0 bridgehead atoms. The molecule has 0 spiro atoms. The lowest BCUT2D eigenvalue weighted by Gasteiger charge is -1.80. The van der Waals surface area contributed by atoms with Crippen LogP contribution in [0.25, 0.3) is 0 Å². The van der Waals surface area contributed by atoms with Crippen molar-refractivity contribution < 1.29 is 25.5 Å². The van der Waals surface area contributed by atoms with Crippen molar-refractivity contribution in [3.63, 3.8) is 0 Å². The van der Waals surface area contributed by atoms with E-state index >= 15 is 0 Å². The summed E-state index contributed by atoms with van der Waals surface area (Å²) < 4.78 is 0. The van der Waals surface area contributed by atoms with E-state index in [4.69, 9.17) is 25.5 Å². The maximum atomic E-state index is 8.06. The van der Waals surface area contributed by atoms with Crippen molar-refractivity contribution in [3.05, 3.63) is 13.2 Å². The highest BCUT2D eigenvalue weighted by atomic mass is 16.3. The normalized spacial score (nSPS) is 6.27. The number of hydrogen-bond donors (Lipinski definition) is 5. The second-order valence-electron chi connectivity index (χ2n) is 1.86. The zero-order chi connectivity index (χ0) is 13.7. The lowest BCUT2D eigenvalue weighted by Crippen LogP contribution is -1.85. The molecule has 0 saturated heterocycles. The van der Waals surface area contributed by atoms with E-state index in [0.717, 1.165) is 7.11 Å². The van der Waals surface area contributed by atoms with Gasteiger partial charge in [0.2, 0.25) is 0 Å². The van der Waals surface area contributed by atoms with Gasteiger partial charge in [-0.2, -0.15) is 0 Å². The van der Waals surface area contributed by atoms with Crippen molar-refractivity contribution in [1.29, 1.82) is 0 Å².